The number of thiophene rings is 1. The molecule has 0 aliphatic rings. The third kappa shape index (κ3) is 4.50. The van der Waals surface area contributed by atoms with Crippen LogP contribution in [0, 0.1) is 0 Å². The van der Waals surface area contributed by atoms with Gasteiger partial charge in [-0.2, -0.15) is 11.8 Å². The molecule has 0 amide bonds. The first-order chi connectivity index (χ1) is 12.6. The fourth-order valence-electron chi connectivity index (χ4n) is 2.48. The van der Waals surface area contributed by atoms with Crippen molar-refractivity contribution in [3.63, 3.8) is 0 Å². The fraction of sp³-hybridized carbons (Fsp3) is 0.263. The van der Waals surface area contributed by atoms with E-state index in [1.54, 1.807) is 24.8 Å². The van der Waals surface area contributed by atoms with Crippen LogP contribution in [0.2, 0.25) is 4.34 Å². The molecule has 4 nitrogen and oxygen atoms in total. The largest absolute Gasteiger partial charge is 0.466 e. The molecule has 0 atom stereocenters. The van der Waals surface area contributed by atoms with Gasteiger partial charge >= 0.3 is 5.97 Å². The SMILES string of the molecule is CCOC(=O)Cc1nc(-c2ccc(CSC)cc2)oc1-c1ccc(Cl)s1. The monoisotopic (exact) mass is 407 g/mol. The third-order valence-corrected chi connectivity index (χ3v) is 5.48. The Balaban J connectivity index is 1.96. The van der Waals surface area contributed by atoms with Crippen molar-refractivity contribution in [2.75, 3.05) is 12.9 Å². The summed E-state index contributed by atoms with van der Waals surface area (Å²) < 4.78 is 11.7. The van der Waals surface area contributed by atoms with Crippen molar-refractivity contribution in [1.82, 2.24) is 4.98 Å². The van der Waals surface area contributed by atoms with Crippen LogP contribution in [0.1, 0.15) is 18.2 Å². The van der Waals surface area contributed by atoms with E-state index in [9.17, 15) is 4.79 Å². The highest BCUT2D eigenvalue weighted by Gasteiger charge is 2.20. The van der Waals surface area contributed by atoms with Crippen LogP contribution in [-0.2, 0) is 21.7 Å². The molecule has 0 fully saturated rings. The summed E-state index contributed by atoms with van der Waals surface area (Å²) in [4.78, 5) is 17.3. The molecule has 2 aromatic heterocycles. The van der Waals surface area contributed by atoms with Gasteiger partial charge in [0.25, 0.3) is 0 Å². The number of hydrogen-bond acceptors (Lipinski definition) is 6. The van der Waals surface area contributed by atoms with E-state index in [-0.39, 0.29) is 12.4 Å². The summed E-state index contributed by atoms with van der Waals surface area (Å²) in [7, 11) is 0. The summed E-state index contributed by atoms with van der Waals surface area (Å²) in [5, 5.41) is 0. The lowest BCUT2D eigenvalue weighted by Gasteiger charge is -2.00. The van der Waals surface area contributed by atoms with Gasteiger partial charge in [-0.1, -0.05) is 23.7 Å². The number of benzene rings is 1. The van der Waals surface area contributed by atoms with Gasteiger partial charge in [-0.05, 0) is 43.0 Å². The average molecular weight is 408 g/mol. The number of rotatable bonds is 7. The molecular formula is C19H18ClNO3S2. The Kier molecular flexibility index (Phi) is 6.40. The number of aromatic nitrogens is 1. The van der Waals surface area contributed by atoms with Crippen LogP contribution < -0.4 is 0 Å². The number of hydrogen-bond donors (Lipinski definition) is 0. The van der Waals surface area contributed by atoms with Crippen LogP contribution in [0.15, 0.2) is 40.8 Å². The van der Waals surface area contributed by atoms with Crippen molar-refractivity contribution in [3.05, 3.63) is 52.0 Å². The van der Waals surface area contributed by atoms with E-state index in [2.05, 4.69) is 23.4 Å². The zero-order valence-electron chi connectivity index (χ0n) is 14.5. The number of nitrogens with zero attached hydrogens (tertiary/aromatic N) is 1. The summed E-state index contributed by atoms with van der Waals surface area (Å²) in [5.41, 5.74) is 2.67. The number of halogens is 1. The van der Waals surface area contributed by atoms with E-state index in [4.69, 9.17) is 20.8 Å². The molecule has 0 unspecified atom stereocenters. The first kappa shape index (κ1) is 19.0. The van der Waals surface area contributed by atoms with E-state index in [0.29, 0.717) is 28.3 Å². The standard InChI is InChI=1S/C19H18ClNO3S2/c1-3-23-17(22)10-14-18(15-8-9-16(20)26-15)24-19(21-14)13-6-4-12(5-7-13)11-25-2/h4-9H,3,10-11H2,1-2H3. The van der Waals surface area contributed by atoms with Crippen LogP contribution in [0.4, 0.5) is 0 Å². The lowest BCUT2D eigenvalue weighted by molar-refractivity contribution is -0.142. The minimum absolute atomic E-state index is 0.0623. The second-order valence-corrected chi connectivity index (χ2v) is 8.09. The maximum Gasteiger partial charge on any atom is 0.312 e. The molecule has 0 N–H and O–H groups in total. The minimum Gasteiger partial charge on any atom is -0.466 e. The van der Waals surface area contributed by atoms with Gasteiger partial charge in [0.1, 0.15) is 0 Å². The van der Waals surface area contributed by atoms with Crippen molar-refractivity contribution >= 4 is 40.7 Å². The maximum atomic E-state index is 11.9. The molecule has 0 spiro atoms. The molecule has 26 heavy (non-hydrogen) atoms. The van der Waals surface area contributed by atoms with Crippen molar-refractivity contribution in [3.8, 4) is 22.1 Å². The Labute approximate surface area is 165 Å². The molecule has 0 aliphatic carbocycles. The lowest BCUT2D eigenvalue weighted by Crippen LogP contribution is -2.08. The Morgan fingerprint density at radius 1 is 1.27 bits per heavy atom. The summed E-state index contributed by atoms with van der Waals surface area (Å²) in [6.45, 7) is 2.11. The van der Waals surface area contributed by atoms with Crippen molar-refractivity contribution < 1.29 is 13.9 Å². The normalized spacial score (nSPS) is 10.9. The highest BCUT2D eigenvalue weighted by molar-refractivity contribution is 7.97. The zero-order chi connectivity index (χ0) is 18.5. The fourth-order valence-corrected chi connectivity index (χ4v) is 4.06. The quantitative estimate of drug-likeness (QED) is 0.471. The van der Waals surface area contributed by atoms with Crippen LogP contribution >= 0.6 is 34.7 Å². The van der Waals surface area contributed by atoms with Crippen LogP contribution in [0.5, 0.6) is 0 Å². The Morgan fingerprint density at radius 2 is 2.04 bits per heavy atom. The van der Waals surface area contributed by atoms with E-state index >= 15 is 0 Å². The van der Waals surface area contributed by atoms with Crippen LogP contribution in [0.25, 0.3) is 22.1 Å². The Hall–Kier alpha value is -1.76. The molecule has 0 radical (unpaired) electrons. The number of oxazole rings is 1. The van der Waals surface area contributed by atoms with Crippen molar-refractivity contribution in [2.45, 2.75) is 19.1 Å². The van der Waals surface area contributed by atoms with Crippen LogP contribution in [0.3, 0.4) is 0 Å². The predicted octanol–water partition coefficient (Wildman–Crippen LogP) is 5.69. The Bertz CT molecular complexity index is 887. The summed E-state index contributed by atoms with van der Waals surface area (Å²) in [6, 6.07) is 11.8. The van der Waals surface area contributed by atoms with Gasteiger partial charge < -0.3 is 9.15 Å². The van der Waals surface area contributed by atoms with Gasteiger partial charge in [-0.15, -0.1) is 11.3 Å². The summed E-state index contributed by atoms with van der Waals surface area (Å²) in [6.07, 6.45) is 2.13. The second-order valence-electron chi connectivity index (χ2n) is 5.51. The van der Waals surface area contributed by atoms with E-state index in [0.717, 1.165) is 16.2 Å². The first-order valence-electron chi connectivity index (χ1n) is 8.10. The van der Waals surface area contributed by atoms with E-state index in [1.165, 1.54) is 16.9 Å². The smallest absolute Gasteiger partial charge is 0.312 e. The molecule has 2 heterocycles. The highest BCUT2D eigenvalue weighted by atomic mass is 35.5. The Morgan fingerprint density at radius 3 is 2.65 bits per heavy atom. The third-order valence-electron chi connectivity index (χ3n) is 3.62. The van der Waals surface area contributed by atoms with Gasteiger partial charge in [0.15, 0.2) is 5.76 Å². The van der Waals surface area contributed by atoms with Gasteiger partial charge in [-0.3, -0.25) is 4.79 Å². The molecule has 0 aliphatic heterocycles. The van der Waals surface area contributed by atoms with E-state index in [1.807, 2.05) is 18.2 Å². The predicted molar refractivity (Wildman–Crippen MR) is 108 cm³/mol. The number of carbonyl (C=O) groups excluding carboxylic acids is 1. The van der Waals surface area contributed by atoms with E-state index < -0.39 is 0 Å². The summed E-state index contributed by atoms with van der Waals surface area (Å²) in [5.74, 6) is 1.68. The van der Waals surface area contributed by atoms with Gasteiger partial charge in [0.05, 0.1) is 27.9 Å². The molecule has 0 saturated heterocycles. The second kappa shape index (κ2) is 8.75. The molecule has 136 valence electrons. The highest BCUT2D eigenvalue weighted by Crippen LogP contribution is 2.36. The average Bonchev–Trinajstić information content (AvgIpc) is 3.22. The molecule has 0 bridgehead atoms. The first-order valence-corrected chi connectivity index (χ1v) is 10.7. The lowest BCUT2D eigenvalue weighted by atomic mass is 10.1. The molecular weight excluding hydrogens is 390 g/mol. The number of ether oxygens (including phenoxy) is 1. The summed E-state index contributed by atoms with van der Waals surface area (Å²) >= 11 is 9.21. The number of thioether (sulfide) groups is 1. The van der Waals surface area contributed by atoms with Crippen molar-refractivity contribution in [1.29, 1.82) is 0 Å². The molecule has 3 aromatic rings. The minimum atomic E-state index is -0.327. The molecule has 7 heteroatoms. The zero-order valence-corrected chi connectivity index (χ0v) is 16.8. The van der Waals surface area contributed by atoms with Gasteiger partial charge in [0, 0.05) is 11.3 Å². The number of esters is 1. The topological polar surface area (TPSA) is 52.3 Å². The van der Waals surface area contributed by atoms with Gasteiger partial charge in [-0.25, -0.2) is 4.98 Å². The van der Waals surface area contributed by atoms with Gasteiger partial charge in [0.2, 0.25) is 5.89 Å². The molecule has 3 rings (SSSR count). The maximum absolute atomic E-state index is 11.9. The molecule has 1 aromatic carbocycles. The number of carbonyl (C=O) groups is 1. The molecule has 0 saturated carbocycles. The van der Waals surface area contributed by atoms with Crippen LogP contribution in [-0.4, -0.2) is 23.8 Å². The van der Waals surface area contributed by atoms with Crippen molar-refractivity contribution in [2.24, 2.45) is 0 Å².